The van der Waals surface area contributed by atoms with Gasteiger partial charge in [0.25, 0.3) is 0 Å². The summed E-state index contributed by atoms with van der Waals surface area (Å²) in [6, 6.07) is 0.363. The van der Waals surface area contributed by atoms with E-state index >= 15 is 0 Å². The first kappa shape index (κ1) is 13.8. The van der Waals surface area contributed by atoms with Gasteiger partial charge in [-0.2, -0.15) is 15.0 Å². The third kappa shape index (κ3) is 3.68. The second-order valence-corrected chi connectivity index (χ2v) is 5.35. The SMILES string of the molecule is CCNc1nc(NC(C)(C)C2CC2)nc(OCC)n1. The number of nitrogens with zero attached hydrogens (tertiary/aromatic N) is 3. The van der Waals surface area contributed by atoms with Crippen LogP contribution in [0.1, 0.15) is 40.5 Å². The summed E-state index contributed by atoms with van der Waals surface area (Å²) < 4.78 is 5.38. The van der Waals surface area contributed by atoms with E-state index in [1.165, 1.54) is 12.8 Å². The second kappa shape index (κ2) is 5.59. The number of hydrogen-bond donors (Lipinski definition) is 2. The molecule has 6 nitrogen and oxygen atoms in total. The smallest absolute Gasteiger partial charge is 0.323 e. The first-order chi connectivity index (χ1) is 9.05. The number of anilines is 2. The maximum atomic E-state index is 5.38. The quantitative estimate of drug-likeness (QED) is 0.788. The molecular formula is C13H23N5O. The highest BCUT2D eigenvalue weighted by molar-refractivity contribution is 5.38. The van der Waals surface area contributed by atoms with E-state index in [4.69, 9.17) is 4.74 Å². The van der Waals surface area contributed by atoms with Crippen LogP contribution in [0.5, 0.6) is 6.01 Å². The molecule has 1 aromatic heterocycles. The molecule has 1 aliphatic carbocycles. The van der Waals surface area contributed by atoms with Crippen LogP contribution in [0.4, 0.5) is 11.9 Å². The van der Waals surface area contributed by atoms with E-state index < -0.39 is 0 Å². The topological polar surface area (TPSA) is 72.0 Å². The zero-order valence-electron chi connectivity index (χ0n) is 12.2. The van der Waals surface area contributed by atoms with Crippen LogP contribution in [-0.2, 0) is 0 Å². The molecule has 106 valence electrons. The van der Waals surface area contributed by atoms with E-state index in [2.05, 4.69) is 39.4 Å². The normalized spacial score (nSPS) is 15.2. The van der Waals surface area contributed by atoms with Gasteiger partial charge in [-0.05, 0) is 46.5 Å². The number of hydrogen-bond acceptors (Lipinski definition) is 6. The molecule has 0 bridgehead atoms. The largest absolute Gasteiger partial charge is 0.464 e. The highest BCUT2D eigenvalue weighted by Crippen LogP contribution is 2.40. The van der Waals surface area contributed by atoms with Gasteiger partial charge in [0.1, 0.15) is 0 Å². The molecule has 1 heterocycles. The van der Waals surface area contributed by atoms with Crippen LogP contribution in [-0.4, -0.2) is 33.6 Å². The summed E-state index contributed by atoms with van der Waals surface area (Å²) in [6.45, 7) is 9.59. The van der Waals surface area contributed by atoms with Crippen LogP contribution in [0.15, 0.2) is 0 Å². The molecule has 0 atom stereocenters. The summed E-state index contributed by atoms with van der Waals surface area (Å²) in [5, 5.41) is 6.49. The van der Waals surface area contributed by atoms with E-state index in [-0.39, 0.29) is 5.54 Å². The molecule has 0 spiro atoms. The monoisotopic (exact) mass is 265 g/mol. The minimum absolute atomic E-state index is 0.00826. The molecule has 19 heavy (non-hydrogen) atoms. The maximum Gasteiger partial charge on any atom is 0.323 e. The molecular weight excluding hydrogens is 242 g/mol. The summed E-state index contributed by atoms with van der Waals surface area (Å²) >= 11 is 0. The molecule has 0 amide bonds. The Kier molecular flexibility index (Phi) is 4.07. The zero-order valence-corrected chi connectivity index (χ0v) is 12.2. The second-order valence-electron chi connectivity index (χ2n) is 5.35. The first-order valence-corrected chi connectivity index (χ1v) is 6.96. The van der Waals surface area contributed by atoms with E-state index in [1.807, 2.05) is 13.8 Å². The van der Waals surface area contributed by atoms with E-state index in [0.717, 1.165) is 6.54 Å². The number of aromatic nitrogens is 3. The van der Waals surface area contributed by atoms with Crippen molar-refractivity contribution in [2.24, 2.45) is 5.92 Å². The molecule has 0 saturated heterocycles. The maximum absolute atomic E-state index is 5.38. The van der Waals surface area contributed by atoms with Crippen molar-refractivity contribution in [1.82, 2.24) is 15.0 Å². The standard InChI is InChI=1S/C13H23N5O/c1-5-14-10-15-11(17-12(16-10)19-6-2)18-13(3,4)9-7-8-9/h9H,5-8H2,1-4H3,(H2,14,15,16,17,18). The van der Waals surface area contributed by atoms with Crippen molar-refractivity contribution < 1.29 is 4.74 Å². The van der Waals surface area contributed by atoms with Gasteiger partial charge >= 0.3 is 6.01 Å². The lowest BCUT2D eigenvalue weighted by Crippen LogP contribution is -2.34. The predicted molar refractivity (Wildman–Crippen MR) is 75.6 cm³/mol. The van der Waals surface area contributed by atoms with Crippen molar-refractivity contribution in [1.29, 1.82) is 0 Å². The molecule has 1 saturated carbocycles. The molecule has 0 aromatic carbocycles. The van der Waals surface area contributed by atoms with Gasteiger partial charge in [-0.25, -0.2) is 0 Å². The van der Waals surface area contributed by atoms with Crippen LogP contribution < -0.4 is 15.4 Å². The van der Waals surface area contributed by atoms with E-state index in [0.29, 0.717) is 30.4 Å². The Morgan fingerprint density at radius 2 is 1.84 bits per heavy atom. The van der Waals surface area contributed by atoms with Crippen molar-refractivity contribution >= 4 is 11.9 Å². The van der Waals surface area contributed by atoms with Gasteiger partial charge in [0.05, 0.1) is 6.61 Å². The lowest BCUT2D eigenvalue weighted by molar-refractivity contribution is 0.312. The molecule has 0 radical (unpaired) electrons. The van der Waals surface area contributed by atoms with Gasteiger partial charge in [0.2, 0.25) is 11.9 Å². The molecule has 1 aliphatic rings. The molecule has 0 aliphatic heterocycles. The number of rotatable bonds is 7. The van der Waals surface area contributed by atoms with Gasteiger partial charge in [0.15, 0.2) is 0 Å². The first-order valence-electron chi connectivity index (χ1n) is 6.96. The Bertz CT molecular complexity index is 407. The van der Waals surface area contributed by atoms with Gasteiger partial charge < -0.3 is 15.4 Å². The Morgan fingerprint density at radius 3 is 2.42 bits per heavy atom. The fraction of sp³-hybridized carbons (Fsp3) is 0.769. The minimum atomic E-state index is 0.00826. The fourth-order valence-electron chi connectivity index (χ4n) is 2.04. The molecule has 2 rings (SSSR count). The average Bonchev–Trinajstić information content (AvgIpc) is 3.12. The van der Waals surface area contributed by atoms with Crippen molar-refractivity contribution in [2.75, 3.05) is 23.8 Å². The Morgan fingerprint density at radius 1 is 1.16 bits per heavy atom. The van der Waals surface area contributed by atoms with Gasteiger partial charge in [-0.15, -0.1) is 0 Å². The molecule has 1 fully saturated rings. The summed E-state index contributed by atoms with van der Waals surface area (Å²) in [6.07, 6.45) is 2.53. The van der Waals surface area contributed by atoms with Crippen molar-refractivity contribution in [3.63, 3.8) is 0 Å². The minimum Gasteiger partial charge on any atom is -0.464 e. The van der Waals surface area contributed by atoms with Crippen molar-refractivity contribution in [3.8, 4) is 6.01 Å². The highest BCUT2D eigenvalue weighted by atomic mass is 16.5. The van der Waals surface area contributed by atoms with Gasteiger partial charge in [-0.1, -0.05) is 0 Å². The third-order valence-corrected chi connectivity index (χ3v) is 3.26. The number of nitrogens with one attached hydrogen (secondary N) is 2. The van der Waals surface area contributed by atoms with E-state index in [9.17, 15) is 0 Å². The molecule has 6 heteroatoms. The molecule has 2 N–H and O–H groups in total. The van der Waals surface area contributed by atoms with Crippen LogP contribution in [0.2, 0.25) is 0 Å². The third-order valence-electron chi connectivity index (χ3n) is 3.26. The lowest BCUT2D eigenvalue weighted by atomic mass is 9.99. The summed E-state index contributed by atoms with van der Waals surface area (Å²) in [5.74, 6) is 1.82. The Balaban J connectivity index is 2.17. The summed E-state index contributed by atoms with van der Waals surface area (Å²) in [5.41, 5.74) is 0.00826. The van der Waals surface area contributed by atoms with Crippen LogP contribution in [0, 0.1) is 5.92 Å². The molecule has 0 unspecified atom stereocenters. The van der Waals surface area contributed by atoms with Crippen LogP contribution >= 0.6 is 0 Å². The average molecular weight is 265 g/mol. The Hall–Kier alpha value is -1.59. The highest BCUT2D eigenvalue weighted by Gasteiger charge is 2.38. The molecule has 1 aromatic rings. The van der Waals surface area contributed by atoms with Gasteiger partial charge in [0, 0.05) is 12.1 Å². The van der Waals surface area contributed by atoms with Gasteiger partial charge in [-0.3, -0.25) is 0 Å². The Labute approximate surface area is 114 Å². The summed E-state index contributed by atoms with van der Waals surface area (Å²) in [7, 11) is 0. The van der Waals surface area contributed by atoms with Crippen LogP contribution in [0.25, 0.3) is 0 Å². The number of ether oxygens (including phenoxy) is 1. The van der Waals surface area contributed by atoms with E-state index in [1.54, 1.807) is 0 Å². The predicted octanol–water partition coefficient (Wildman–Crippen LogP) is 2.30. The zero-order chi connectivity index (χ0) is 13.9. The van der Waals surface area contributed by atoms with Crippen molar-refractivity contribution in [2.45, 2.75) is 46.1 Å². The van der Waals surface area contributed by atoms with Crippen molar-refractivity contribution in [3.05, 3.63) is 0 Å². The lowest BCUT2D eigenvalue weighted by Gasteiger charge is -2.26. The summed E-state index contributed by atoms with van der Waals surface area (Å²) in [4.78, 5) is 12.9. The fourth-order valence-corrected chi connectivity index (χ4v) is 2.04. The van der Waals surface area contributed by atoms with Crippen LogP contribution in [0.3, 0.4) is 0 Å².